The van der Waals surface area contributed by atoms with Crippen LogP contribution in [0.1, 0.15) is 5.69 Å². The summed E-state index contributed by atoms with van der Waals surface area (Å²) in [4.78, 5) is 10.5. The van der Waals surface area contributed by atoms with Crippen LogP contribution in [-0.2, 0) is 6.54 Å². The molecule has 0 unspecified atom stereocenters. The Morgan fingerprint density at radius 3 is 2.58 bits per heavy atom. The molecule has 0 amide bonds. The van der Waals surface area contributed by atoms with Crippen LogP contribution in [0.15, 0.2) is 47.2 Å². The molecule has 1 aliphatic rings. The van der Waals surface area contributed by atoms with Crippen molar-refractivity contribution >= 4 is 28.4 Å². The summed E-state index contributed by atoms with van der Waals surface area (Å²) in [6.45, 7) is 4.43. The normalized spacial score (nSPS) is 15.8. The molecule has 1 fully saturated rings. The minimum Gasteiger partial charge on any atom is -0.367 e. The van der Waals surface area contributed by atoms with Gasteiger partial charge in [-0.3, -0.25) is 4.90 Å². The Hall–Kier alpha value is -1.76. The van der Waals surface area contributed by atoms with Crippen LogP contribution < -0.4 is 4.90 Å². The van der Waals surface area contributed by atoms with Gasteiger partial charge in [-0.05, 0) is 23.6 Å². The number of hydrogen-bond donors (Lipinski definition) is 0. The monoisotopic (exact) mass is 359 g/mol. The van der Waals surface area contributed by atoms with Crippen molar-refractivity contribution in [3.8, 4) is 9.88 Å². The van der Waals surface area contributed by atoms with Gasteiger partial charge in [0.2, 0.25) is 0 Å². The number of nitrogens with zero attached hydrogens (tertiary/aromatic N) is 3. The number of thiophene rings is 1. The molecule has 0 spiro atoms. The van der Waals surface area contributed by atoms with Gasteiger partial charge in [0.1, 0.15) is 10.8 Å². The molecular weight excluding hydrogens is 341 g/mol. The fourth-order valence-corrected chi connectivity index (χ4v) is 4.60. The third-order valence-electron chi connectivity index (χ3n) is 4.23. The number of piperazine rings is 1. The topological polar surface area (TPSA) is 19.4 Å². The third-order valence-corrected chi connectivity index (χ3v) is 6.16. The standard InChI is InChI=1S/C18H18FN3S2/c19-15-4-1-2-5-16(15)22-9-7-21(8-10-22)12-14-13-24-18(20-14)17-6-3-11-23-17/h1-6,11,13H,7-10,12H2. The molecule has 3 aromatic rings. The van der Waals surface area contributed by atoms with Gasteiger partial charge in [0.25, 0.3) is 0 Å². The molecule has 3 heterocycles. The lowest BCUT2D eigenvalue weighted by molar-refractivity contribution is 0.247. The number of benzene rings is 1. The first-order chi connectivity index (χ1) is 11.8. The van der Waals surface area contributed by atoms with Gasteiger partial charge in [0.15, 0.2) is 0 Å². The highest BCUT2D eigenvalue weighted by Crippen LogP contribution is 2.28. The second kappa shape index (κ2) is 7.01. The van der Waals surface area contributed by atoms with Crippen LogP contribution in [0.2, 0.25) is 0 Å². The zero-order valence-corrected chi connectivity index (χ0v) is 14.8. The summed E-state index contributed by atoms with van der Waals surface area (Å²) in [5.41, 5.74) is 1.84. The van der Waals surface area contributed by atoms with Crippen molar-refractivity contribution in [2.24, 2.45) is 0 Å². The zero-order chi connectivity index (χ0) is 16.4. The van der Waals surface area contributed by atoms with E-state index >= 15 is 0 Å². The minimum atomic E-state index is -0.133. The number of anilines is 1. The summed E-state index contributed by atoms with van der Waals surface area (Å²) in [6.07, 6.45) is 0. The third kappa shape index (κ3) is 3.36. The highest BCUT2D eigenvalue weighted by atomic mass is 32.1. The lowest BCUT2D eigenvalue weighted by Crippen LogP contribution is -2.46. The van der Waals surface area contributed by atoms with Gasteiger partial charge in [-0.1, -0.05) is 18.2 Å². The van der Waals surface area contributed by atoms with Crippen LogP contribution in [0.4, 0.5) is 10.1 Å². The Morgan fingerprint density at radius 1 is 1.00 bits per heavy atom. The fraction of sp³-hybridized carbons (Fsp3) is 0.278. The van der Waals surface area contributed by atoms with E-state index in [1.54, 1.807) is 28.7 Å². The lowest BCUT2D eigenvalue weighted by atomic mass is 10.2. The SMILES string of the molecule is Fc1ccccc1N1CCN(Cc2csc(-c3cccs3)n2)CC1. The van der Waals surface area contributed by atoms with Crippen LogP contribution in [0.3, 0.4) is 0 Å². The van der Waals surface area contributed by atoms with E-state index in [-0.39, 0.29) is 5.82 Å². The Kier molecular flexibility index (Phi) is 4.60. The van der Waals surface area contributed by atoms with Gasteiger partial charge in [-0.25, -0.2) is 9.37 Å². The zero-order valence-electron chi connectivity index (χ0n) is 13.2. The second-order valence-corrected chi connectivity index (χ2v) is 7.64. The molecule has 0 radical (unpaired) electrons. The van der Waals surface area contributed by atoms with Gasteiger partial charge in [0, 0.05) is 38.1 Å². The molecule has 0 atom stereocenters. The highest BCUT2D eigenvalue weighted by molar-refractivity contribution is 7.20. The molecule has 124 valence electrons. The largest absolute Gasteiger partial charge is 0.367 e. The molecule has 24 heavy (non-hydrogen) atoms. The van der Waals surface area contributed by atoms with E-state index in [0.717, 1.165) is 43.4 Å². The number of para-hydroxylation sites is 1. The van der Waals surface area contributed by atoms with Gasteiger partial charge >= 0.3 is 0 Å². The Bertz CT molecular complexity index is 792. The number of rotatable bonds is 4. The Morgan fingerprint density at radius 2 is 1.83 bits per heavy atom. The van der Waals surface area contributed by atoms with Crippen molar-refractivity contribution in [1.82, 2.24) is 9.88 Å². The maximum absolute atomic E-state index is 13.9. The first-order valence-electron chi connectivity index (χ1n) is 8.00. The summed E-state index contributed by atoms with van der Waals surface area (Å²) in [5, 5.41) is 5.33. The van der Waals surface area contributed by atoms with Crippen molar-refractivity contribution in [2.75, 3.05) is 31.1 Å². The number of thiazole rings is 1. The maximum atomic E-state index is 13.9. The van der Waals surface area contributed by atoms with Crippen molar-refractivity contribution < 1.29 is 4.39 Å². The molecule has 0 saturated carbocycles. The molecule has 1 aliphatic heterocycles. The molecule has 0 N–H and O–H groups in total. The van der Waals surface area contributed by atoms with Crippen LogP contribution in [0.25, 0.3) is 9.88 Å². The molecular formula is C18H18FN3S2. The number of hydrogen-bond acceptors (Lipinski definition) is 5. The van der Waals surface area contributed by atoms with Crippen molar-refractivity contribution in [3.05, 3.63) is 58.7 Å². The summed E-state index contributed by atoms with van der Waals surface area (Å²) < 4.78 is 13.9. The van der Waals surface area contributed by atoms with E-state index in [1.165, 1.54) is 10.9 Å². The molecule has 6 heteroatoms. The number of halogens is 1. The van der Waals surface area contributed by atoms with Gasteiger partial charge in [-0.15, -0.1) is 22.7 Å². The van der Waals surface area contributed by atoms with Crippen molar-refractivity contribution in [3.63, 3.8) is 0 Å². The molecule has 4 rings (SSSR count). The first kappa shape index (κ1) is 15.7. The second-order valence-electron chi connectivity index (χ2n) is 5.84. The molecule has 1 aromatic carbocycles. The first-order valence-corrected chi connectivity index (χ1v) is 9.75. The van der Waals surface area contributed by atoms with Crippen LogP contribution in [-0.4, -0.2) is 36.1 Å². The van der Waals surface area contributed by atoms with E-state index in [0.29, 0.717) is 5.69 Å². The van der Waals surface area contributed by atoms with Crippen LogP contribution in [0.5, 0.6) is 0 Å². The van der Waals surface area contributed by atoms with E-state index in [9.17, 15) is 4.39 Å². The smallest absolute Gasteiger partial charge is 0.146 e. The lowest BCUT2D eigenvalue weighted by Gasteiger charge is -2.35. The summed E-state index contributed by atoms with van der Waals surface area (Å²) in [5.74, 6) is -0.133. The summed E-state index contributed by atoms with van der Waals surface area (Å²) in [7, 11) is 0. The summed E-state index contributed by atoms with van der Waals surface area (Å²) >= 11 is 3.43. The number of aromatic nitrogens is 1. The minimum absolute atomic E-state index is 0.133. The van der Waals surface area contributed by atoms with E-state index in [2.05, 4.69) is 32.7 Å². The van der Waals surface area contributed by atoms with Crippen LogP contribution in [0, 0.1) is 5.82 Å². The molecule has 1 saturated heterocycles. The molecule has 2 aromatic heterocycles. The van der Waals surface area contributed by atoms with E-state index in [1.807, 2.05) is 12.1 Å². The van der Waals surface area contributed by atoms with Gasteiger partial charge in [0.05, 0.1) is 16.3 Å². The van der Waals surface area contributed by atoms with Gasteiger partial charge < -0.3 is 4.90 Å². The quantitative estimate of drug-likeness (QED) is 0.691. The fourth-order valence-electron chi connectivity index (χ4n) is 2.98. The van der Waals surface area contributed by atoms with Gasteiger partial charge in [-0.2, -0.15) is 0 Å². The van der Waals surface area contributed by atoms with Crippen molar-refractivity contribution in [1.29, 1.82) is 0 Å². The molecule has 0 aliphatic carbocycles. The van der Waals surface area contributed by atoms with Crippen LogP contribution >= 0.6 is 22.7 Å². The summed E-state index contributed by atoms with van der Waals surface area (Å²) in [6, 6.07) is 11.2. The predicted octanol–water partition coefficient (Wildman–Crippen LogP) is 4.33. The predicted molar refractivity (Wildman–Crippen MR) is 99.3 cm³/mol. The van der Waals surface area contributed by atoms with Crippen molar-refractivity contribution in [2.45, 2.75) is 6.54 Å². The average molecular weight is 359 g/mol. The Labute approximate surface area is 149 Å². The maximum Gasteiger partial charge on any atom is 0.146 e. The Balaban J connectivity index is 1.36. The molecule has 0 bridgehead atoms. The highest BCUT2D eigenvalue weighted by Gasteiger charge is 2.20. The average Bonchev–Trinajstić information content (AvgIpc) is 3.27. The van der Waals surface area contributed by atoms with E-state index < -0.39 is 0 Å². The molecule has 3 nitrogen and oxygen atoms in total. The van der Waals surface area contributed by atoms with E-state index in [4.69, 9.17) is 4.98 Å².